The van der Waals surface area contributed by atoms with E-state index >= 15 is 8.78 Å². The van der Waals surface area contributed by atoms with E-state index in [1.54, 1.807) is 12.4 Å². The van der Waals surface area contributed by atoms with Crippen molar-refractivity contribution in [2.75, 3.05) is 18.5 Å². The number of rotatable bonds is 7. The number of ether oxygens (including phenoxy) is 2. The van der Waals surface area contributed by atoms with E-state index in [4.69, 9.17) is 15.2 Å². The topological polar surface area (TPSA) is 99.4 Å². The highest BCUT2D eigenvalue weighted by molar-refractivity contribution is 6.03. The monoisotopic (exact) mass is 554 g/mol. The molecular weight excluding hydrogens is 521 g/mol. The summed E-state index contributed by atoms with van der Waals surface area (Å²) in [5.41, 5.74) is 6.51. The van der Waals surface area contributed by atoms with Gasteiger partial charge in [0.05, 0.1) is 30.2 Å². The fraction of sp³-hybridized carbons (Fsp3) is 0.433. The number of pyridine rings is 2. The van der Waals surface area contributed by atoms with E-state index in [-0.39, 0.29) is 35.9 Å². The number of carbonyl (C=O) groups excluding carboxylic acids is 1. The zero-order valence-corrected chi connectivity index (χ0v) is 22.3. The first-order valence-corrected chi connectivity index (χ1v) is 13.6. The summed E-state index contributed by atoms with van der Waals surface area (Å²) in [6.45, 7) is 3.32. The molecule has 2 aromatic heterocycles. The van der Waals surface area contributed by atoms with Crippen molar-refractivity contribution in [1.29, 1.82) is 0 Å². The Morgan fingerprint density at radius 3 is 2.55 bits per heavy atom. The lowest BCUT2D eigenvalue weighted by molar-refractivity contribution is -0.0391. The SMILES string of the molecule is C[C@@H]1C[C@@H](N)C[C@H](c2ccncc2NC(=O)c2ccc(F)c(-c3c(F)cc(COC4CCOCC4)cc3F)n2)C1. The van der Waals surface area contributed by atoms with Crippen LogP contribution in [0.1, 0.15) is 66.6 Å². The zero-order valence-electron chi connectivity index (χ0n) is 22.3. The maximum atomic E-state index is 15.1. The van der Waals surface area contributed by atoms with Gasteiger partial charge in [-0.2, -0.15) is 0 Å². The zero-order chi connectivity index (χ0) is 28.2. The number of halogens is 3. The van der Waals surface area contributed by atoms with E-state index in [2.05, 4.69) is 22.2 Å². The normalized spacial score (nSPS) is 21.8. The Balaban J connectivity index is 1.35. The van der Waals surface area contributed by atoms with E-state index in [0.717, 1.165) is 43.0 Å². The lowest BCUT2D eigenvalue weighted by Crippen LogP contribution is -2.31. The number of carbonyl (C=O) groups is 1. The molecule has 3 atom stereocenters. The van der Waals surface area contributed by atoms with Gasteiger partial charge in [0.2, 0.25) is 0 Å². The van der Waals surface area contributed by atoms with E-state index in [9.17, 15) is 9.18 Å². The van der Waals surface area contributed by atoms with E-state index < -0.39 is 34.6 Å². The maximum Gasteiger partial charge on any atom is 0.274 e. The summed E-state index contributed by atoms with van der Waals surface area (Å²) in [6.07, 6.45) is 7.23. The quantitative estimate of drug-likeness (QED) is 0.387. The van der Waals surface area contributed by atoms with Crippen molar-refractivity contribution in [3.8, 4) is 11.3 Å². The number of aromatic nitrogens is 2. The Kier molecular flexibility index (Phi) is 8.78. The molecular formula is C30H33F3N4O3. The van der Waals surface area contributed by atoms with Crippen LogP contribution in [0.2, 0.25) is 0 Å². The number of nitrogens with zero attached hydrogens (tertiary/aromatic N) is 2. The third-order valence-electron chi connectivity index (χ3n) is 7.59. The van der Waals surface area contributed by atoms with Gasteiger partial charge in [-0.3, -0.25) is 9.78 Å². The number of amides is 1. The first-order valence-electron chi connectivity index (χ1n) is 13.6. The van der Waals surface area contributed by atoms with Crippen LogP contribution >= 0.6 is 0 Å². The van der Waals surface area contributed by atoms with Crippen LogP contribution in [0, 0.1) is 23.4 Å². The van der Waals surface area contributed by atoms with Gasteiger partial charge >= 0.3 is 0 Å². The Bertz CT molecular complexity index is 1330. The van der Waals surface area contributed by atoms with Gasteiger partial charge in [0.1, 0.15) is 28.8 Å². The molecule has 0 unspecified atom stereocenters. The lowest BCUT2D eigenvalue weighted by Gasteiger charge is -2.32. The molecule has 0 bridgehead atoms. The predicted octanol–water partition coefficient (Wildman–Crippen LogP) is 5.74. The van der Waals surface area contributed by atoms with Gasteiger partial charge in [-0.1, -0.05) is 6.92 Å². The Morgan fingerprint density at radius 1 is 1.07 bits per heavy atom. The Hall–Kier alpha value is -3.34. The van der Waals surface area contributed by atoms with Gasteiger partial charge in [0, 0.05) is 25.5 Å². The minimum absolute atomic E-state index is 0.00919. The molecule has 10 heteroatoms. The number of anilines is 1. The van der Waals surface area contributed by atoms with E-state index in [1.807, 2.05) is 6.07 Å². The highest BCUT2D eigenvalue weighted by Crippen LogP contribution is 2.38. The summed E-state index contributed by atoms with van der Waals surface area (Å²) < 4.78 is 56.0. The van der Waals surface area contributed by atoms with Crippen LogP contribution in [0.3, 0.4) is 0 Å². The van der Waals surface area contributed by atoms with Gasteiger partial charge < -0.3 is 20.5 Å². The summed E-state index contributed by atoms with van der Waals surface area (Å²) in [5, 5.41) is 2.80. The molecule has 0 spiro atoms. The van der Waals surface area contributed by atoms with Gasteiger partial charge in [0.25, 0.3) is 5.91 Å². The van der Waals surface area contributed by atoms with Crippen molar-refractivity contribution in [2.24, 2.45) is 11.7 Å². The number of hydrogen-bond donors (Lipinski definition) is 2. The Morgan fingerprint density at radius 2 is 1.82 bits per heavy atom. The van der Waals surface area contributed by atoms with E-state index in [1.165, 1.54) is 6.07 Å². The van der Waals surface area contributed by atoms with Crippen LogP contribution in [0.15, 0.2) is 42.7 Å². The average molecular weight is 555 g/mol. The summed E-state index contributed by atoms with van der Waals surface area (Å²) in [4.78, 5) is 21.3. The molecule has 1 aliphatic carbocycles. The number of nitrogens with two attached hydrogens (primary N) is 1. The minimum atomic E-state index is -0.994. The van der Waals surface area contributed by atoms with Crippen LogP contribution in [0.4, 0.5) is 18.9 Å². The molecule has 3 heterocycles. The average Bonchev–Trinajstić information content (AvgIpc) is 2.93. The summed E-state index contributed by atoms with van der Waals surface area (Å²) >= 11 is 0. The predicted molar refractivity (Wildman–Crippen MR) is 144 cm³/mol. The third kappa shape index (κ3) is 6.51. The molecule has 2 fully saturated rings. The van der Waals surface area contributed by atoms with Gasteiger partial charge in [-0.15, -0.1) is 0 Å². The standard InChI is InChI=1S/C30H33F3N4O3/c1-17-10-19(14-20(34)11-17)22-4-7-35-15-27(22)37-30(38)26-3-2-23(31)29(36-26)28-24(32)12-18(13-25(28)33)16-40-21-5-8-39-9-6-21/h2-4,7,12-13,15,17,19-21H,5-6,8-11,14,16,34H2,1H3,(H,37,38)/t17-,19+,20+/m0/s1. The first kappa shape index (κ1) is 28.2. The molecule has 5 rings (SSSR count). The smallest absolute Gasteiger partial charge is 0.274 e. The Labute approximate surface area is 231 Å². The van der Waals surface area contributed by atoms with Crippen LogP contribution < -0.4 is 11.1 Å². The summed E-state index contributed by atoms with van der Waals surface area (Å²) in [6, 6.07) is 6.27. The molecule has 1 aliphatic heterocycles. The second-order valence-electron chi connectivity index (χ2n) is 10.8. The lowest BCUT2D eigenvalue weighted by atomic mass is 9.76. The molecule has 0 radical (unpaired) electrons. The first-order chi connectivity index (χ1) is 19.3. The molecule has 1 saturated heterocycles. The van der Waals surface area contributed by atoms with Crippen LogP contribution in [0.5, 0.6) is 0 Å². The van der Waals surface area contributed by atoms with Crippen molar-refractivity contribution in [3.05, 3.63) is 77.0 Å². The molecule has 1 saturated carbocycles. The van der Waals surface area contributed by atoms with Crippen LogP contribution in [0.25, 0.3) is 11.3 Å². The molecule has 7 nitrogen and oxygen atoms in total. The fourth-order valence-corrected chi connectivity index (χ4v) is 5.70. The molecule has 2 aliphatic rings. The van der Waals surface area contributed by atoms with Crippen LogP contribution in [-0.4, -0.2) is 41.2 Å². The molecule has 1 aromatic carbocycles. The molecule has 3 N–H and O–H groups in total. The molecule has 212 valence electrons. The number of hydrogen-bond acceptors (Lipinski definition) is 6. The highest BCUT2D eigenvalue weighted by Gasteiger charge is 2.28. The number of benzene rings is 1. The maximum absolute atomic E-state index is 15.1. The third-order valence-corrected chi connectivity index (χ3v) is 7.59. The highest BCUT2D eigenvalue weighted by atomic mass is 19.1. The van der Waals surface area contributed by atoms with Crippen molar-refractivity contribution in [3.63, 3.8) is 0 Å². The molecule has 1 amide bonds. The van der Waals surface area contributed by atoms with Crippen LogP contribution in [-0.2, 0) is 16.1 Å². The van der Waals surface area contributed by atoms with Crippen molar-refractivity contribution in [2.45, 2.75) is 63.7 Å². The van der Waals surface area contributed by atoms with Crippen molar-refractivity contribution >= 4 is 11.6 Å². The van der Waals surface area contributed by atoms with E-state index in [0.29, 0.717) is 37.7 Å². The summed E-state index contributed by atoms with van der Waals surface area (Å²) in [5.74, 6) is -3.00. The summed E-state index contributed by atoms with van der Waals surface area (Å²) in [7, 11) is 0. The van der Waals surface area contributed by atoms with Crippen molar-refractivity contribution in [1.82, 2.24) is 9.97 Å². The second-order valence-corrected chi connectivity index (χ2v) is 10.8. The fourth-order valence-electron chi connectivity index (χ4n) is 5.70. The van der Waals surface area contributed by atoms with Crippen molar-refractivity contribution < 1.29 is 27.4 Å². The minimum Gasteiger partial charge on any atom is -0.381 e. The second kappa shape index (κ2) is 12.4. The molecule has 40 heavy (non-hydrogen) atoms. The molecule has 3 aromatic rings. The van der Waals surface area contributed by atoms with Gasteiger partial charge in [-0.05, 0) is 85.4 Å². The van der Waals surface area contributed by atoms with Gasteiger partial charge in [0.15, 0.2) is 0 Å². The largest absolute Gasteiger partial charge is 0.381 e. The van der Waals surface area contributed by atoms with Gasteiger partial charge in [-0.25, -0.2) is 18.2 Å². The number of nitrogens with one attached hydrogen (secondary N) is 1.